The van der Waals surface area contributed by atoms with Crippen molar-refractivity contribution in [1.29, 1.82) is 5.26 Å². The number of fused-ring (bicyclic) bond motifs is 11. The number of benzene rings is 7. The number of nitrogens with zero attached hydrogens (tertiary/aromatic N) is 4. The summed E-state index contributed by atoms with van der Waals surface area (Å²) in [6.45, 7) is 0. The summed E-state index contributed by atoms with van der Waals surface area (Å²) in [6.07, 6.45) is 0. The van der Waals surface area contributed by atoms with Gasteiger partial charge in [0.15, 0.2) is 0 Å². The highest BCUT2D eigenvalue weighted by molar-refractivity contribution is 6.34. The lowest BCUT2D eigenvalue weighted by Crippen LogP contribution is -2.29. The molecule has 7 heteroatoms. The lowest BCUT2D eigenvalue weighted by Gasteiger charge is -2.17. The molecule has 0 atom stereocenters. The van der Waals surface area contributed by atoms with Crippen molar-refractivity contribution in [1.82, 2.24) is 9.13 Å². The maximum absolute atomic E-state index is 13.6. The number of carbonyl (C=O) groups is 2. The summed E-state index contributed by atoms with van der Waals surface area (Å²) < 4.78 is 10.6. The predicted octanol–water partition coefficient (Wildman–Crippen LogP) is 10.5. The number of rotatable bonds is 3. The number of para-hydroxylation sites is 3. The van der Waals surface area contributed by atoms with Crippen LogP contribution in [0.4, 0.5) is 5.69 Å². The minimum atomic E-state index is -0.406. The summed E-state index contributed by atoms with van der Waals surface area (Å²) in [6, 6.07) is 49.8. The number of anilines is 1. The zero-order valence-corrected chi connectivity index (χ0v) is 27.4. The molecule has 7 aromatic carbocycles. The maximum atomic E-state index is 13.6. The normalized spacial score (nSPS) is 13.0. The number of furan rings is 1. The van der Waals surface area contributed by atoms with E-state index in [-0.39, 0.29) is 0 Å². The minimum Gasteiger partial charge on any atom is -0.456 e. The van der Waals surface area contributed by atoms with Crippen molar-refractivity contribution in [3.8, 4) is 17.4 Å². The van der Waals surface area contributed by atoms with Gasteiger partial charge in [-0.05, 0) is 72.8 Å². The van der Waals surface area contributed by atoms with Crippen molar-refractivity contribution >= 4 is 83.1 Å². The molecule has 0 bridgehead atoms. The second-order valence-electron chi connectivity index (χ2n) is 13.2. The zero-order valence-electron chi connectivity index (χ0n) is 27.4. The van der Waals surface area contributed by atoms with Crippen molar-refractivity contribution in [2.24, 2.45) is 0 Å². The van der Waals surface area contributed by atoms with Crippen LogP contribution in [0.2, 0.25) is 0 Å². The fourth-order valence-electron chi connectivity index (χ4n) is 8.25. The number of carbonyl (C=O) groups excluding carboxylic acids is 2. The van der Waals surface area contributed by atoms with E-state index in [0.29, 0.717) is 28.1 Å². The molecule has 11 rings (SSSR count). The lowest BCUT2D eigenvalue weighted by atomic mass is 10.1. The molecule has 2 amide bonds. The number of imide groups is 1. The first-order valence-electron chi connectivity index (χ1n) is 17.0. The summed E-state index contributed by atoms with van der Waals surface area (Å²) in [5.41, 5.74) is 8.72. The van der Waals surface area contributed by atoms with Crippen LogP contribution in [0.3, 0.4) is 0 Å². The first-order chi connectivity index (χ1) is 25.6. The topological polar surface area (TPSA) is 84.2 Å². The Labute approximate surface area is 295 Å². The van der Waals surface area contributed by atoms with Gasteiger partial charge >= 0.3 is 0 Å². The number of amides is 2. The van der Waals surface area contributed by atoms with Gasteiger partial charge < -0.3 is 13.6 Å². The van der Waals surface area contributed by atoms with Gasteiger partial charge in [-0.15, -0.1) is 0 Å². The Morgan fingerprint density at radius 1 is 0.481 bits per heavy atom. The van der Waals surface area contributed by atoms with Gasteiger partial charge in [0.1, 0.15) is 11.2 Å². The molecule has 4 heterocycles. The number of hydrogen-bond donors (Lipinski definition) is 0. The average Bonchev–Trinajstić information content (AvgIpc) is 3.90. The molecule has 3 aromatic heterocycles. The predicted molar refractivity (Wildman–Crippen MR) is 205 cm³/mol. The molecule has 0 saturated carbocycles. The van der Waals surface area contributed by atoms with Gasteiger partial charge in [-0.3, -0.25) is 9.59 Å². The van der Waals surface area contributed by atoms with Gasteiger partial charge in [0, 0.05) is 43.7 Å². The first-order valence-corrected chi connectivity index (χ1v) is 17.0. The van der Waals surface area contributed by atoms with Crippen LogP contribution >= 0.6 is 0 Å². The number of aromatic nitrogens is 2. The van der Waals surface area contributed by atoms with Crippen molar-refractivity contribution in [3.05, 3.63) is 162 Å². The Balaban J connectivity index is 1.22. The molecule has 0 aliphatic carbocycles. The summed E-state index contributed by atoms with van der Waals surface area (Å²) in [5, 5.41) is 16.6. The summed E-state index contributed by atoms with van der Waals surface area (Å²) in [5.74, 6) is -0.812. The fourth-order valence-corrected chi connectivity index (χ4v) is 8.25. The standard InChI is InChI=1S/C45H24N4O3/c46-25-26-21-28(23-29(22-26)49-44(50)33-11-1-2-12-34(33)45(49)51)48-37-14-6-3-9-30(37)32-18-19-39-42(43(32)48)35-13-4-7-15-38(35)47(39)27-17-20-41-36(24-27)31-10-5-8-16-40(31)52-41/h1-24H. The molecule has 52 heavy (non-hydrogen) atoms. The van der Waals surface area contributed by atoms with Gasteiger partial charge in [0.25, 0.3) is 11.8 Å². The Bertz CT molecular complexity index is 3230. The number of hydrogen-bond acceptors (Lipinski definition) is 4. The SMILES string of the molecule is N#Cc1cc(N2C(=O)c3ccccc3C2=O)cc(-n2c3ccccc3c3ccc4c(c5ccccc5n4-c4ccc5oc6ccccc6c5c4)c32)c1. The molecule has 242 valence electrons. The molecule has 0 spiro atoms. The van der Waals surface area contributed by atoms with E-state index in [4.69, 9.17) is 4.42 Å². The monoisotopic (exact) mass is 668 g/mol. The molecule has 10 aromatic rings. The van der Waals surface area contributed by atoms with Crippen LogP contribution in [0.25, 0.3) is 76.9 Å². The summed E-state index contributed by atoms with van der Waals surface area (Å²) >= 11 is 0. The smallest absolute Gasteiger partial charge is 0.266 e. The average molecular weight is 669 g/mol. The first kappa shape index (κ1) is 28.4. The Hall–Kier alpha value is -7.43. The van der Waals surface area contributed by atoms with Crippen LogP contribution in [0.1, 0.15) is 26.3 Å². The van der Waals surface area contributed by atoms with E-state index < -0.39 is 11.8 Å². The van der Waals surface area contributed by atoms with E-state index in [0.717, 1.165) is 71.2 Å². The molecule has 0 unspecified atom stereocenters. The van der Waals surface area contributed by atoms with E-state index in [1.807, 2.05) is 48.5 Å². The van der Waals surface area contributed by atoms with E-state index >= 15 is 0 Å². The van der Waals surface area contributed by atoms with Crippen molar-refractivity contribution in [2.75, 3.05) is 4.90 Å². The van der Waals surface area contributed by atoms with Crippen molar-refractivity contribution in [3.63, 3.8) is 0 Å². The molecule has 0 fully saturated rings. The van der Waals surface area contributed by atoms with Crippen molar-refractivity contribution in [2.45, 2.75) is 0 Å². The van der Waals surface area contributed by atoms with E-state index in [1.165, 1.54) is 4.90 Å². The molecule has 0 radical (unpaired) electrons. The highest BCUT2D eigenvalue weighted by atomic mass is 16.3. The summed E-state index contributed by atoms with van der Waals surface area (Å²) in [4.78, 5) is 28.4. The van der Waals surface area contributed by atoms with Crippen LogP contribution < -0.4 is 4.90 Å². The molecule has 7 nitrogen and oxygen atoms in total. The molecular formula is C45H24N4O3. The molecule has 0 N–H and O–H groups in total. The van der Waals surface area contributed by atoms with Crippen molar-refractivity contribution < 1.29 is 14.0 Å². The molecular weight excluding hydrogens is 645 g/mol. The zero-order chi connectivity index (χ0) is 34.7. The van der Waals surface area contributed by atoms with E-state index in [1.54, 1.807) is 30.3 Å². The highest BCUT2D eigenvalue weighted by Crippen LogP contribution is 2.43. The van der Waals surface area contributed by atoms with Gasteiger partial charge in [-0.25, -0.2) is 4.90 Å². The maximum Gasteiger partial charge on any atom is 0.266 e. The lowest BCUT2D eigenvalue weighted by molar-refractivity contribution is 0.0926. The fraction of sp³-hybridized carbons (Fsp3) is 0. The molecule has 0 saturated heterocycles. The third kappa shape index (κ3) is 3.72. The Kier molecular flexibility index (Phi) is 5.63. The van der Waals surface area contributed by atoms with Gasteiger partial charge in [0.2, 0.25) is 0 Å². The van der Waals surface area contributed by atoms with Gasteiger partial charge in [-0.2, -0.15) is 5.26 Å². The van der Waals surface area contributed by atoms with E-state index in [2.05, 4.69) is 81.9 Å². The number of nitriles is 1. The second-order valence-corrected chi connectivity index (χ2v) is 13.2. The quantitative estimate of drug-likeness (QED) is 0.175. The molecule has 1 aliphatic heterocycles. The van der Waals surface area contributed by atoms with Gasteiger partial charge in [-0.1, -0.05) is 72.8 Å². The van der Waals surface area contributed by atoms with Crippen LogP contribution in [-0.4, -0.2) is 20.9 Å². The third-order valence-electron chi connectivity index (χ3n) is 10.4. The van der Waals surface area contributed by atoms with Gasteiger partial charge in [0.05, 0.1) is 50.5 Å². The second kappa shape index (κ2) is 10.3. The van der Waals surface area contributed by atoms with Crippen LogP contribution in [0.15, 0.2) is 150 Å². The van der Waals surface area contributed by atoms with Crippen LogP contribution in [0.5, 0.6) is 0 Å². The Morgan fingerprint density at radius 3 is 1.88 bits per heavy atom. The molecule has 1 aliphatic rings. The Morgan fingerprint density at radius 2 is 1.12 bits per heavy atom. The largest absolute Gasteiger partial charge is 0.456 e. The minimum absolute atomic E-state index is 0.338. The highest BCUT2D eigenvalue weighted by Gasteiger charge is 2.37. The summed E-state index contributed by atoms with van der Waals surface area (Å²) in [7, 11) is 0. The third-order valence-corrected chi connectivity index (χ3v) is 10.4. The van der Waals surface area contributed by atoms with Crippen LogP contribution in [0, 0.1) is 11.3 Å². The van der Waals surface area contributed by atoms with E-state index in [9.17, 15) is 14.9 Å². The van der Waals surface area contributed by atoms with Crippen LogP contribution in [-0.2, 0) is 0 Å².